The lowest BCUT2D eigenvalue weighted by Gasteiger charge is -2.02. The molecule has 0 atom stereocenters. The molecule has 0 aliphatic carbocycles. The zero-order valence-electron chi connectivity index (χ0n) is 13.1. The van der Waals surface area contributed by atoms with Gasteiger partial charge in [-0.25, -0.2) is 9.97 Å². The Morgan fingerprint density at radius 2 is 2.17 bits per heavy atom. The molecular formula is C17H16N6S. The third-order valence-corrected chi connectivity index (χ3v) is 4.76. The second-order valence-corrected chi connectivity index (χ2v) is 6.52. The summed E-state index contributed by atoms with van der Waals surface area (Å²) in [5, 5.41) is 11.1. The van der Waals surface area contributed by atoms with Crippen molar-refractivity contribution >= 4 is 32.5 Å². The first-order valence-corrected chi connectivity index (χ1v) is 8.37. The Morgan fingerprint density at radius 1 is 1.25 bits per heavy atom. The average Bonchev–Trinajstić information content (AvgIpc) is 3.19. The Balaban J connectivity index is 1.67. The van der Waals surface area contributed by atoms with E-state index in [1.165, 1.54) is 0 Å². The predicted octanol–water partition coefficient (Wildman–Crippen LogP) is 3.59. The zero-order chi connectivity index (χ0) is 16.5. The highest BCUT2D eigenvalue weighted by atomic mass is 32.1. The summed E-state index contributed by atoms with van der Waals surface area (Å²) >= 11 is 1.60. The quantitative estimate of drug-likeness (QED) is 0.529. The lowest BCUT2D eigenvalue weighted by Crippen LogP contribution is -1.99. The molecule has 4 rings (SSSR count). The fourth-order valence-electron chi connectivity index (χ4n) is 2.57. The number of nitrogens with one attached hydrogen (secondary N) is 2. The first-order chi connectivity index (χ1) is 11.7. The fourth-order valence-corrected chi connectivity index (χ4v) is 3.48. The van der Waals surface area contributed by atoms with Crippen molar-refractivity contribution in [3.63, 3.8) is 0 Å². The fraction of sp³-hybridized carbons (Fsp3) is 0.118. The summed E-state index contributed by atoms with van der Waals surface area (Å²) in [4.78, 5) is 8.93. The summed E-state index contributed by atoms with van der Waals surface area (Å²) in [6.45, 7) is 2.51. The van der Waals surface area contributed by atoms with Crippen molar-refractivity contribution in [2.24, 2.45) is 5.73 Å². The number of pyridine rings is 1. The maximum atomic E-state index is 5.67. The molecule has 1 aromatic carbocycles. The highest BCUT2D eigenvalue weighted by Gasteiger charge is 2.09. The minimum absolute atomic E-state index is 0.491. The van der Waals surface area contributed by atoms with Crippen molar-refractivity contribution in [1.82, 2.24) is 20.2 Å². The van der Waals surface area contributed by atoms with Crippen LogP contribution < -0.4 is 11.1 Å². The smallest absolute Gasteiger partial charge is 0.189 e. The number of nitrogens with two attached hydrogens (primary N) is 1. The molecule has 0 radical (unpaired) electrons. The molecule has 0 spiro atoms. The van der Waals surface area contributed by atoms with Crippen LogP contribution >= 0.6 is 11.3 Å². The van der Waals surface area contributed by atoms with Gasteiger partial charge in [-0.3, -0.25) is 5.10 Å². The van der Waals surface area contributed by atoms with E-state index in [0.29, 0.717) is 6.54 Å². The number of benzene rings is 1. The van der Waals surface area contributed by atoms with E-state index in [-0.39, 0.29) is 0 Å². The second-order valence-electron chi connectivity index (χ2n) is 5.49. The standard InChI is InChI=1S/C17H16N6S/c1-10-13(9-20-23-10)12-2-3-14-15(7-12)24-17(21-14)22-16-6-11(8-18)4-5-19-16/h2-7,9H,8,18H2,1H3,(H,20,23)(H,19,21,22). The van der Waals surface area contributed by atoms with Gasteiger partial charge < -0.3 is 11.1 Å². The number of aromatic nitrogens is 4. The van der Waals surface area contributed by atoms with Crippen LogP contribution in [-0.4, -0.2) is 20.2 Å². The number of aryl methyl sites for hydroxylation is 1. The van der Waals surface area contributed by atoms with Crippen LogP contribution in [0.1, 0.15) is 11.3 Å². The first-order valence-electron chi connectivity index (χ1n) is 7.56. The molecule has 4 aromatic rings. The molecule has 0 saturated carbocycles. The lowest BCUT2D eigenvalue weighted by molar-refractivity contribution is 1.05. The van der Waals surface area contributed by atoms with Crippen molar-refractivity contribution in [2.75, 3.05) is 5.32 Å². The first kappa shape index (κ1) is 14.8. The van der Waals surface area contributed by atoms with Gasteiger partial charge in [0.2, 0.25) is 0 Å². The SMILES string of the molecule is Cc1[nH]ncc1-c1ccc2nc(Nc3cc(CN)ccn3)sc2c1. The van der Waals surface area contributed by atoms with Gasteiger partial charge >= 0.3 is 0 Å². The van der Waals surface area contributed by atoms with Gasteiger partial charge in [-0.15, -0.1) is 0 Å². The zero-order valence-corrected chi connectivity index (χ0v) is 13.9. The summed E-state index contributed by atoms with van der Waals surface area (Å²) in [6, 6.07) is 10.1. The molecule has 120 valence electrons. The number of aromatic amines is 1. The molecule has 7 heteroatoms. The van der Waals surface area contributed by atoms with E-state index < -0.39 is 0 Å². The number of rotatable bonds is 4. The van der Waals surface area contributed by atoms with E-state index in [1.54, 1.807) is 17.5 Å². The Morgan fingerprint density at radius 3 is 2.96 bits per heavy atom. The predicted molar refractivity (Wildman–Crippen MR) is 97.3 cm³/mol. The molecule has 6 nitrogen and oxygen atoms in total. The van der Waals surface area contributed by atoms with Crippen molar-refractivity contribution in [3.05, 3.63) is 54.0 Å². The summed E-state index contributed by atoms with van der Waals surface area (Å²) < 4.78 is 1.12. The normalized spacial score (nSPS) is 11.1. The van der Waals surface area contributed by atoms with Gasteiger partial charge in [0, 0.05) is 24.0 Å². The maximum Gasteiger partial charge on any atom is 0.189 e. The average molecular weight is 336 g/mol. The monoisotopic (exact) mass is 336 g/mol. The van der Waals surface area contributed by atoms with Crippen LogP contribution in [-0.2, 0) is 6.54 Å². The number of fused-ring (bicyclic) bond motifs is 1. The molecule has 0 fully saturated rings. The summed E-state index contributed by atoms with van der Waals surface area (Å²) in [5.74, 6) is 0.753. The molecule has 24 heavy (non-hydrogen) atoms. The lowest BCUT2D eigenvalue weighted by atomic mass is 10.1. The molecule has 0 aliphatic rings. The van der Waals surface area contributed by atoms with Crippen LogP contribution in [0.25, 0.3) is 21.3 Å². The van der Waals surface area contributed by atoms with Gasteiger partial charge in [-0.1, -0.05) is 17.4 Å². The molecule has 3 aromatic heterocycles. The molecule has 0 bridgehead atoms. The van der Waals surface area contributed by atoms with Crippen molar-refractivity contribution in [1.29, 1.82) is 0 Å². The molecular weight excluding hydrogens is 320 g/mol. The van der Waals surface area contributed by atoms with Gasteiger partial charge in [-0.2, -0.15) is 5.10 Å². The van der Waals surface area contributed by atoms with Crippen molar-refractivity contribution in [3.8, 4) is 11.1 Å². The number of H-pyrrole nitrogens is 1. The van der Waals surface area contributed by atoms with Gasteiger partial charge in [0.05, 0.1) is 16.4 Å². The van der Waals surface area contributed by atoms with Gasteiger partial charge in [0.1, 0.15) is 5.82 Å². The highest BCUT2D eigenvalue weighted by molar-refractivity contribution is 7.22. The number of nitrogens with zero attached hydrogens (tertiary/aromatic N) is 3. The maximum absolute atomic E-state index is 5.67. The van der Waals surface area contributed by atoms with Gasteiger partial charge in [0.25, 0.3) is 0 Å². The Labute approximate surface area is 142 Å². The highest BCUT2D eigenvalue weighted by Crippen LogP contribution is 2.32. The minimum Gasteiger partial charge on any atom is -0.326 e. The van der Waals surface area contributed by atoms with Crippen LogP contribution in [0.5, 0.6) is 0 Å². The van der Waals surface area contributed by atoms with Crippen LogP contribution in [0.4, 0.5) is 10.9 Å². The van der Waals surface area contributed by atoms with Crippen LogP contribution in [0, 0.1) is 6.92 Å². The van der Waals surface area contributed by atoms with E-state index in [2.05, 4.69) is 37.6 Å². The topological polar surface area (TPSA) is 92.5 Å². The van der Waals surface area contributed by atoms with E-state index in [0.717, 1.165) is 43.6 Å². The third-order valence-electron chi connectivity index (χ3n) is 3.82. The van der Waals surface area contributed by atoms with Gasteiger partial charge in [-0.05, 0) is 42.3 Å². The van der Waals surface area contributed by atoms with E-state index in [4.69, 9.17) is 5.73 Å². The van der Waals surface area contributed by atoms with Crippen molar-refractivity contribution in [2.45, 2.75) is 13.5 Å². The summed E-state index contributed by atoms with van der Waals surface area (Å²) in [7, 11) is 0. The largest absolute Gasteiger partial charge is 0.326 e. The van der Waals surface area contributed by atoms with E-state index in [1.807, 2.05) is 31.3 Å². The minimum atomic E-state index is 0.491. The van der Waals surface area contributed by atoms with E-state index in [9.17, 15) is 0 Å². The van der Waals surface area contributed by atoms with Crippen LogP contribution in [0.15, 0.2) is 42.7 Å². The van der Waals surface area contributed by atoms with Gasteiger partial charge in [0.15, 0.2) is 5.13 Å². The Hall–Kier alpha value is -2.77. The van der Waals surface area contributed by atoms with E-state index >= 15 is 0 Å². The summed E-state index contributed by atoms with van der Waals surface area (Å²) in [5.41, 5.74) is 11.0. The molecule has 3 heterocycles. The molecule has 0 unspecified atom stereocenters. The Kier molecular flexibility index (Phi) is 3.72. The molecule has 4 N–H and O–H groups in total. The van der Waals surface area contributed by atoms with Crippen LogP contribution in [0.3, 0.4) is 0 Å². The molecule has 0 aliphatic heterocycles. The molecule has 0 saturated heterocycles. The number of thiazole rings is 1. The van der Waals surface area contributed by atoms with Crippen molar-refractivity contribution < 1.29 is 0 Å². The molecule has 0 amide bonds. The second kappa shape index (κ2) is 6.03. The van der Waals surface area contributed by atoms with Crippen LogP contribution in [0.2, 0.25) is 0 Å². The third kappa shape index (κ3) is 2.75. The number of anilines is 2. The Bertz CT molecular complexity index is 1000. The summed E-state index contributed by atoms with van der Waals surface area (Å²) in [6.07, 6.45) is 3.59. The number of hydrogen-bond acceptors (Lipinski definition) is 6. The number of hydrogen-bond donors (Lipinski definition) is 3.